The lowest BCUT2D eigenvalue weighted by molar-refractivity contribution is 0.0442. The summed E-state index contributed by atoms with van der Waals surface area (Å²) in [4.78, 5) is 23.0. The van der Waals surface area contributed by atoms with Crippen molar-refractivity contribution in [3.63, 3.8) is 0 Å². The zero-order valence-electron chi connectivity index (χ0n) is 9.62. The molecule has 0 saturated carbocycles. The first-order valence-electron chi connectivity index (χ1n) is 5.52. The minimum Gasteiger partial charge on any atom is -0.507 e. The number of fused-ring (bicyclic) bond motifs is 1. The van der Waals surface area contributed by atoms with E-state index in [0.29, 0.717) is 5.75 Å². The van der Waals surface area contributed by atoms with Crippen LogP contribution in [0.2, 0.25) is 0 Å². The molecule has 0 fully saturated rings. The Morgan fingerprint density at radius 1 is 0.895 bits per heavy atom. The fourth-order valence-electron chi connectivity index (χ4n) is 1.87. The smallest absolute Gasteiger partial charge is 0.350 e. The molecule has 2 aromatic carbocycles. The van der Waals surface area contributed by atoms with Crippen LogP contribution in [0.5, 0.6) is 17.2 Å². The Balaban J connectivity index is 2.09. The highest BCUT2D eigenvalue weighted by Gasteiger charge is 2.36. The van der Waals surface area contributed by atoms with Gasteiger partial charge in [-0.3, -0.25) is 0 Å². The summed E-state index contributed by atoms with van der Waals surface area (Å²) in [7, 11) is 0. The van der Waals surface area contributed by atoms with Crippen LogP contribution in [0.15, 0.2) is 42.5 Å². The first-order valence-corrected chi connectivity index (χ1v) is 5.52. The van der Waals surface area contributed by atoms with Crippen LogP contribution in [0.1, 0.15) is 20.7 Å². The molecule has 5 nitrogen and oxygen atoms in total. The first-order chi connectivity index (χ1) is 9.16. The Morgan fingerprint density at radius 2 is 1.58 bits per heavy atom. The summed E-state index contributed by atoms with van der Waals surface area (Å²) in [6.45, 7) is 0. The largest absolute Gasteiger partial charge is 0.507 e. The number of phenolic OH excluding ortho intramolecular Hbond substituents is 1. The summed E-state index contributed by atoms with van der Waals surface area (Å²) >= 11 is 0. The predicted octanol–water partition coefficient (Wildman–Crippen LogP) is 2.50. The lowest BCUT2D eigenvalue weighted by Crippen LogP contribution is -1.98. The van der Waals surface area contributed by atoms with Crippen molar-refractivity contribution in [2.45, 2.75) is 0 Å². The van der Waals surface area contributed by atoms with Gasteiger partial charge in [-0.15, -0.1) is 0 Å². The van der Waals surface area contributed by atoms with Crippen LogP contribution in [0.25, 0.3) is 0 Å². The van der Waals surface area contributed by atoms with E-state index in [0.717, 1.165) is 0 Å². The SMILES string of the molecule is O=C1OC(=O)c2c(Oc3ccccc3)ccc(O)c21. The molecule has 19 heavy (non-hydrogen) atoms. The number of carbonyl (C=O) groups is 2. The first kappa shape index (κ1) is 11.3. The molecule has 0 spiro atoms. The monoisotopic (exact) mass is 256 g/mol. The summed E-state index contributed by atoms with van der Waals surface area (Å²) in [6, 6.07) is 11.5. The van der Waals surface area contributed by atoms with E-state index < -0.39 is 11.9 Å². The van der Waals surface area contributed by atoms with E-state index in [9.17, 15) is 14.7 Å². The van der Waals surface area contributed by atoms with Gasteiger partial charge < -0.3 is 14.6 Å². The third kappa shape index (κ3) is 1.81. The molecule has 2 aromatic rings. The van der Waals surface area contributed by atoms with Gasteiger partial charge in [0, 0.05) is 0 Å². The lowest BCUT2D eigenvalue weighted by Gasteiger charge is -2.08. The zero-order valence-corrected chi connectivity index (χ0v) is 9.62. The second-order valence-electron chi connectivity index (χ2n) is 3.92. The number of carbonyl (C=O) groups excluding carboxylic acids is 2. The highest BCUT2D eigenvalue weighted by atomic mass is 16.6. The summed E-state index contributed by atoms with van der Waals surface area (Å²) in [5.41, 5.74) is -0.202. The molecular formula is C14H8O5. The number of ether oxygens (including phenoxy) is 2. The highest BCUT2D eigenvalue weighted by molar-refractivity contribution is 6.17. The number of hydrogen-bond donors (Lipinski definition) is 1. The van der Waals surface area contributed by atoms with Crippen molar-refractivity contribution in [1.82, 2.24) is 0 Å². The zero-order chi connectivity index (χ0) is 13.4. The van der Waals surface area contributed by atoms with Crippen LogP contribution in [0, 0.1) is 0 Å². The second kappa shape index (κ2) is 4.13. The Kier molecular flexibility index (Phi) is 2.45. The molecule has 3 rings (SSSR count). The third-order valence-electron chi connectivity index (χ3n) is 2.71. The van der Waals surface area contributed by atoms with Gasteiger partial charge in [-0.25, -0.2) is 9.59 Å². The van der Waals surface area contributed by atoms with Crippen molar-refractivity contribution in [2.24, 2.45) is 0 Å². The van der Waals surface area contributed by atoms with Gasteiger partial charge in [-0.1, -0.05) is 18.2 Å². The van der Waals surface area contributed by atoms with Crippen molar-refractivity contribution >= 4 is 11.9 Å². The quantitative estimate of drug-likeness (QED) is 0.660. The van der Waals surface area contributed by atoms with E-state index >= 15 is 0 Å². The molecule has 1 aliphatic heterocycles. The second-order valence-corrected chi connectivity index (χ2v) is 3.92. The van der Waals surface area contributed by atoms with E-state index in [1.165, 1.54) is 12.1 Å². The topological polar surface area (TPSA) is 72.8 Å². The van der Waals surface area contributed by atoms with Crippen LogP contribution < -0.4 is 4.74 Å². The summed E-state index contributed by atoms with van der Waals surface area (Å²) in [6.07, 6.45) is 0. The highest BCUT2D eigenvalue weighted by Crippen LogP contribution is 2.37. The molecule has 1 heterocycles. The van der Waals surface area contributed by atoms with E-state index in [2.05, 4.69) is 4.74 Å². The number of para-hydroxylation sites is 1. The molecule has 0 amide bonds. The Hall–Kier alpha value is -2.82. The van der Waals surface area contributed by atoms with Crippen LogP contribution in [-0.4, -0.2) is 17.0 Å². The van der Waals surface area contributed by atoms with Gasteiger partial charge >= 0.3 is 11.9 Å². The third-order valence-corrected chi connectivity index (χ3v) is 2.71. The minimum absolute atomic E-state index is 0.0474. The van der Waals surface area contributed by atoms with Crippen LogP contribution >= 0.6 is 0 Å². The molecule has 0 aromatic heterocycles. The average molecular weight is 256 g/mol. The molecule has 0 unspecified atom stereocenters. The summed E-state index contributed by atoms with van der Waals surface area (Å²) in [5, 5.41) is 9.60. The Morgan fingerprint density at radius 3 is 2.32 bits per heavy atom. The van der Waals surface area contributed by atoms with Crippen molar-refractivity contribution in [3.8, 4) is 17.2 Å². The summed E-state index contributed by atoms with van der Waals surface area (Å²) in [5.74, 6) is -1.29. The molecule has 1 aliphatic rings. The van der Waals surface area contributed by atoms with E-state index in [1.807, 2.05) is 6.07 Å². The number of aromatic hydroxyl groups is 1. The predicted molar refractivity (Wildman–Crippen MR) is 64.4 cm³/mol. The number of phenols is 1. The summed E-state index contributed by atoms with van der Waals surface area (Å²) < 4.78 is 10.0. The number of rotatable bonds is 2. The molecule has 0 aliphatic carbocycles. The van der Waals surface area contributed by atoms with E-state index in [-0.39, 0.29) is 22.6 Å². The fraction of sp³-hybridized carbons (Fsp3) is 0. The maximum Gasteiger partial charge on any atom is 0.350 e. The normalized spacial score (nSPS) is 13.1. The number of cyclic esters (lactones) is 2. The maximum atomic E-state index is 11.6. The standard InChI is InChI=1S/C14H8O5/c15-9-6-7-10(18-8-4-2-1-3-5-8)12-11(9)13(16)19-14(12)17/h1-7,15H. The van der Waals surface area contributed by atoms with Gasteiger partial charge in [-0.05, 0) is 24.3 Å². The molecule has 5 heteroatoms. The maximum absolute atomic E-state index is 11.6. The molecule has 0 radical (unpaired) electrons. The van der Waals surface area contributed by atoms with Crippen LogP contribution in [0.3, 0.4) is 0 Å². The molecular weight excluding hydrogens is 248 g/mol. The Labute approximate surface area is 108 Å². The van der Waals surface area contributed by atoms with Gasteiger partial charge in [0.15, 0.2) is 0 Å². The van der Waals surface area contributed by atoms with Gasteiger partial charge in [-0.2, -0.15) is 0 Å². The van der Waals surface area contributed by atoms with Gasteiger partial charge in [0.25, 0.3) is 0 Å². The Bertz CT molecular complexity index is 676. The average Bonchev–Trinajstić information content (AvgIpc) is 2.71. The number of benzene rings is 2. The van der Waals surface area contributed by atoms with Gasteiger partial charge in [0.1, 0.15) is 28.4 Å². The van der Waals surface area contributed by atoms with Crippen molar-refractivity contribution in [2.75, 3.05) is 0 Å². The molecule has 0 bridgehead atoms. The van der Waals surface area contributed by atoms with Crippen LogP contribution in [-0.2, 0) is 4.74 Å². The lowest BCUT2D eigenvalue weighted by atomic mass is 10.1. The fourth-order valence-corrected chi connectivity index (χ4v) is 1.87. The molecule has 0 atom stereocenters. The molecule has 1 N–H and O–H groups in total. The van der Waals surface area contributed by atoms with Gasteiger partial charge in [0.05, 0.1) is 0 Å². The van der Waals surface area contributed by atoms with E-state index in [4.69, 9.17) is 4.74 Å². The van der Waals surface area contributed by atoms with Crippen LogP contribution in [0.4, 0.5) is 0 Å². The van der Waals surface area contributed by atoms with E-state index in [1.54, 1.807) is 24.3 Å². The number of esters is 2. The number of hydrogen-bond acceptors (Lipinski definition) is 5. The van der Waals surface area contributed by atoms with Crippen molar-refractivity contribution < 1.29 is 24.2 Å². The van der Waals surface area contributed by atoms with Crippen molar-refractivity contribution in [1.29, 1.82) is 0 Å². The molecule has 0 saturated heterocycles. The van der Waals surface area contributed by atoms with Crippen molar-refractivity contribution in [3.05, 3.63) is 53.6 Å². The minimum atomic E-state index is -0.865. The molecule has 94 valence electrons. The van der Waals surface area contributed by atoms with Gasteiger partial charge in [0.2, 0.25) is 0 Å².